The molecule has 1 rings (SSSR count). The van der Waals surface area contributed by atoms with Crippen LogP contribution in [0, 0.1) is 5.92 Å². The Morgan fingerprint density at radius 3 is 2.31 bits per heavy atom. The third kappa shape index (κ3) is 10.3. The summed E-state index contributed by atoms with van der Waals surface area (Å²) < 4.78 is 5.27. The van der Waals surface area contributed by atoms with Crippen molar-refractivity contribution >= 4 is 18.0 Å². The molecule has 0 bridgehead atoms. The van der Waals surface area contributed by atoms with E-state index in [1.54, 1.807) is 20.8 Å². The monoisotopic (exact) mass is 410 g/mol. The zero-order valence-electron chi connectivity index (χ0n) is 18.2. The maximum Gasteiger partial charge on any atom is 0.408 e. The molecule has 0 aromatic heterocycles. The summed E-state index contributed by atoms with van der Waals surface area (Å²) in [7, 11) is 0. The number of nitrogens with one attached hydrogen (secondary N) is 2. The average Bonchev–Trinajstić information content (AvgIpc) is 2.63. The van der Waals surface area contributed by atoms with Crippen molar-refractivity contribution in [1.82, 2.24) is 10.6 Å². The molecule has 3 N–H and O–H groups in total. The number of rotatable bonds is 11. The minimum atomic E-state index is -1.02. The van der Waals surface area contributed by atoms with Crippen LogP contribution in [0.3, 0.4) is 0 Å². The Bertz CT molecular complexity index is 550. The van der Waals surface area contributed by atoms with Gasteiger partial charge in [0.1, 0.15) is 17.7 Å². The van der Waals surface area contributed by atoms with Gasteiger partial charge in [-0.05, 0) is 58.8 Å². The second-order valence-corrected chi connectivity index (χ2v) is 8.85. The van der Waals surface area contributed by atoms with Gasteiger partial charge < -0.3 is 20.5 Å². The first-order chi connectivity index (χ1) is 13.6. The van der Waals surface area contributed by atoms with Crippen LogP contribution in [0.1, 0.15) is 85.0 Å². The van der Waals surface area contributed by atoms with Gasteiger partial charge in [-0.25, -0.2) is 9.59 Å². The molecule has 0 aromatic rings. The zero-order chi connectivity index (χ0) is 21.9. The maximum absolute atomic E-state index is 12.9. The van der Waals surface area contributed by atoms with E-state index in [0.717, 1.165) is 57.8 Å². The van der Waals surface area contributed by atoms with Crippen LogP contribution in [0.5, 0.6) is 0 Å². The topological polar surface area (TPSA) is 105 Å². The first kappa shape index (κ1) is 25.0. The molecule has 1 aliphatic carbocycles. The Morgan fingerprint density at radius 2 is 1.76 bits per heavy atom. The first-order valence-corrected chi connectivity index (χ1v) is 10.8. The van der Waals surface area contributed by atoms with Crippen molar-refractivity contribution < 1.29 is 24.2 Å². The molecular formula is C22H38N2O5. The van der Waals surface area contributed by atoms with Crippen LogP contribution in [-0.4, -0.2) is 40.8 Å². The molecule has 0 radical (unpaired) electrons. The molecule has 0 aromatic carbocycles. The van der Waals surface area contributed by atoms with E-state index in [9.17, 15) is 19.5 Å². The summed E-state index contributed by atoms with van der Waals surface area (Å²) in [6.45, 7) is 8.95. The number of aliphatic carboxylic acids is 1. The molecule has 2 amide bonds. The van der Waals surface area contributed by atoms with Crippen molar-refractivity contribution in [3.63, 3.8) is 0 Å². The van der Waals surface area contributed by atoms with Gasteiger partial charge in [0, 0.05) is 0 Å². The Kier molecular flexibility index (Phi) is 10.8. The third-order valence-electron chi connectivity index (χ3n) is 5.09. The van der Waals surface area contributed by atoms with E-state index in [4.69, 9.17) is 4.74 Å². The van der Waals surface area contributed by atoms with Crippen LogP contribution in [0.15, 0.2) is 12.7 Å². The molecule has 1 fully saturated rings. The van der Waals surface area contributed by atoms with Crippen LogP contribution < -0.4 is 10.6 Å². The minimum absolute atomic E-state index is 0.0695. The van der Waals surface area contributed by atoms with E-state index in [1.807, 2.05) is 6.08 Å². The molecule has 2 atom stereocenters. The standard InChI is InChI=1S/C22H38N2O5/c1-5-6-7-8-12-15-17(23-21(28)29-22(2,3)4)19(25)24-18(20(26)27)16-13-10-9-11-14-16/h5,16-18H,1,6-15H2,2-4H3,(H,23,28)(H,24,25)(H,26,27)/t17-,18-/m0/s1. The molecule has 7 heteroatoms. The Hall–Kier alpha value is -2.05. The highest BCUT2D eigenvalue weighted by Crippen LogP contribution is 2.26. The van der Waals surface area contributed by atoms with Crippen molar-refractivity contribution in [1.29, 1.82) is 0 Å². The highest BCUT2D eigenvalue weighted by molar-refractivity contribution is 5.89. The summed E-state index contributed by atoms with van der Waals surface area (Å²) >= 11 is 0. The fourth-order valence-corrected chi connectivity index (χ4v) is 3.64. The van der Waals surface area contributed by atoms with E-state index in [-0.39, 0.29) is 5.92 Å². The lowest BCUT2D eigenvalue weighted by Gasteiger charge is -2.30. The number of carbonyl (C=O) groups is 3. The molecule has 1 aliphatic rings. The van der Waals surface area contributed by atoms with Gasteiger partial charge in [0.25, 0.3) is 0 Å². The highest BCUT2D eigenvalue weighted by Gasteiger charge is 2.33. The molecule has 29 heavy (non-hydrogen) atoms. The Labute approximate surface area is 174 Å². The second kappa shape index (κ2) is 12.5. The van der Waals surface area contributed by atoms with E-state index >= 15 is 0 Å². The SMILES string of the molecule is C=CCCCCC[C@H](NC(=O)OC(C)(C)C)C(=O)N[C@H](C(=O)O)C1CCCCC1. The lowest BCUT2D eigenvalue weighted by atomic mass is 9.83. The number of hydrogen-bond donors (Lipinski definition) is 3. The van der Waals surface area contributed by atoms with Crippen LogP contribution in [0.2, 0.25) is 0 Å². The van der Waals surface area contributed by atoms with Crippen molar-refractivity contribution in [2.45, 2.75) is 103 Å². The van der Waals surface area contributed by atoms with E-state index in [2.05, 4.69) is 17.2 Å². The quantitative estimate of drug-likeness (QED) is 0.350. The maximum atomic E-state index is 12.9. The first-order valence-electron chi connectivity index (χ1n) is 10.8. The van der Waals surface area contributed by atoms with Crippen LogP contribution in [-0.2, 0) is 14.3 Å². The van der Waals surface area contributed by atoms with Gasteiger partial charge in [-0.15, -0.1) is 6.58 Å². The molecule has 166 valence electrons. The number of carboxylic acids is 1. The van der Waals surface area contributed by atoms with Gasteiger partial charge in [-0.3, -0.25) is 4.79 Å². The zero-order valence-corrected chi connectivity index (χ0v) is 18.2. The van der Waals surface area contributed by atoms with Gasteiger partial charge in [-0.1, -0.05) is 38.2 Å². The van der Waals surface area contributed by atoms with Gasteiger partial charge in [-0.2, -0.15) is 0 Å². The van der Waals surface area contributed by atoms with E-state index in [1.165, 1.54) is 0 Å². The highest BCUT2D eigenvalue weighted by atomic mass is 16.6. The van der Waals surface area contributed by atoms with Crippen molar-refractivity contribution in [2.24, 2.45) is 5.92 Å². The van der Waals surface area contributed by atoms with Crippen LogP contribution in [0.25, 0.3) is 0 Å². The largest absolute Gasteiger partial charge is 0.480 e. The molecule has 0 unspecified atom stereocenters. The summed E-state index contributed by atoms with van der Waals surface area (Å²) in [5.74, 6) is -1.55. The molecule has 0 aliphatic heterocycles. The van der Waals surface area contributed by atoms with Gasteiger partial charge >= 0.3 is 12.1 Å². The second-order valence-electron chi connectivity index (χ2n) is 8.85. The van der Waals surface area contributed by atoms with Gasteiger partial charge in [0.15, 0.2) is 0 Å². The van der Waals surface area contributed by atoms with E-state index in [0.29, 0.717) is 6.42 Å². The summed E-state index contributed by atoms with van der Waals surface area (Å²) in [6, 6.07) is -1.74. The van der Waals surface area contributed by atoms with Crippen LogP contribution >= 0.6 is 0 Å². The number of carbonyl (C=O) groups excluding carboxylic acids is 2. The minimum Gasteiger partial charge on any atom is -0.480 e. The fourth-order valence-electron chi connectivity index (χ4n) is 3.64. The molecule has 0 spiro atoms. The molecule has 0 saturated heterocycles. The van der Waals surface area contributed by atoms with Crippen LogP contribution in [0.4, 0.5) is 4.79 Å². The molecule has 1 saturated carbocycles. The van der Waals surface area contributed by atoms with E-state index < -0.39 is 35.7 Å². The van der Waals surface area contributed by atoms with Crippen molar-refractivity contribution in [3.05, 3.63) is 12.7 Å². The summed E-state index contributed by atoms with van der Waals surface area (Å²) in [6.07, 6.45) is 9.76. The number of hydrogen-bond acceptors (Lipinski definition) is 4. The molecular weight excluding hydrogens is 372 g/mol. The number of allylic oxidation sites excluding steroid dienone is 1. The van der Waals surface area contributed by atoms with Gasteiger partial charge in [0.2, 0.25) is 5.91 Å². The Balaban J connectivity index is 2.75. The number of unbranched alkanes of at least 4 members (excludes halogenated alkanes) is 3. The lowest BCUT2D eigenvalue weighted by molar-refractivity contribution is -0.144. The number of ether oxygens (including phenoxy) is 1. The average molecular weight is 411 g/mol. The third-order valence-corrected chi connectivity index (χ3v) is 5.09. The summed E-state index contributed by atoms with van der Waals surface area (Å²) in [4.78, 5) is 36.8. The van der Waals surface area contributed by atoms with Gasteiger partial charge in [0.05, 0.1) is 0 Å². The van der Waals surface area contributed by atoms with Crippen molar-refractivity contribution in [3.8, 4) is 0 Å². The summed E-state index contributed by atoms with van der Waals surface area (Å²) in [5.41, 5.74) is -0.680. The predicted molar refractivity (Wildman–Crippen MR) is 113 cm³/mol. The fraction of sp³-hybridized carbons (Fsp3) is 0.773. The lowest BCUT2D eigenvalue weighted by Crippen LogP contribution is -2.54. The number of amides is 2. The molecule has 7 nitrogen and oxygen atoms in total. The van der Waals surface area contributed by atoms with Crippen molar-refractivity contribution in [2.75, 3.05) is 0 Å². The predicted octanol–water partition coefficient (Wildman–Crippen LogP) is 4.17. The normalized spacial score (nSPS) is 17.1. The number of alkyl carbamates (subject to hydrolysis) is 1. The summed E-state index contributed by atoms with van der Waals surface area (Å²) in [5, 5.41) is 14.9. The smallest absolute Gasteiger partial charge is 0.408 e. The molecule has 0 heterocycles. The Morgan fingerprint density at radius 1 is 1.10 bits per heavy atom. The number of carboxylic acid groups (broad SMARTS) is 1.